The Balaban J connectivity index is 2.22. The third-order valence-corrected chi connectivity index (χ3v) is 4.71. The van der Waals surface area contributed by atoms with Gasteiger partial charge < -0.3 is 9.57 Å². The monoisotopic (exact) mass is 459 g/mol. The van der Waals surface area contributed by atoms with Gasteiger partial charge in [0.1, 0.15) is 5.60 Å². The van der Waals surface area contributed by atoms with E-state index in [1.54, 1.807) is 20.8 Å². The summed E-state index contributed by atoms with van der Waals surface area (Å²) in [6.45, 7) is 8.77. The van der Waals surface area contributed by atoms with Crippen LogP contribution in [0.1, 0.15) is 44.4 Å². The standard InChI is InChI=1S/C23H26BrNO4/c1-16-6-8-17(9-7-16)14-23(5,20(26)28-22(2,3)4)21(27)29-25-15-18-10-12-19(24)13-11-18/h6-13,15H,14H2,1-5H3/b25-15+. The summed E-state index contributed by atoms with van der Waals surface area (Å²) in [7, 11) is 0. The lowest BCUT2D eigenvalue weighted by atomic mass is 9.83. The maximum absolute atomic E-state index is 12.9. The number of hydrogen-bond acceptors (Lipinski definition) is 5. The fraction of sp³-hybridized carbons (Fsp3) is 0.348. The molecule has 1 unspecified atom stereocenters. The van der Waals surface area contributed by atoms with Gasteiger partial charge in [0.2, 0.25) is 0 Å². The number of hydrogen-bond donors (Lipinski definition) is 0. The molecule has 154 valence electrons. The lowest BCUT2D eigenvalue weighted by Crippen LogP contribution is -2.43. The van der Waals surface area contributed by atoms with Gasteiger partial charge in [0.15, 0.2) is 5.41 Å². The minimum absolute atomic E-state index is 0.148. The highest BCUT2D eigenvalue weighted by Gasteiger charge is 2.46. The quantitative estimate of drug-likeness (QED) is 0.195. The van der Waals surface area contributed by atoms with E-state index in [0.717, 1.165) is 21.2 Å². The molecule has 0 aliphatic carbocycles. The van der Waals surface area contributed by atoms with Crippen molar-refractivity contribution in [3.63, 3.8) is 0 Å². The number of aryl methyl sites for hydroxylation is 1. The Morgan fingerprint density at radius 2 is 1.55 bits per heavy atom. The normalized spacial score (nSPS) is 13.7. The molecule has 0 amide bonds. The molecular weight excluding hydrogens is 434 g/mol. The van der Waals surface area contributed by atoms with Gasteiger partial charge >= 0.3 is 11.9 Å². The Morgan fingerprint density at radius 3 is 2.10 bits per heavy atom. The predicted octanol–water partition coefficient (Wildman–Crippen LogP) is 5.23. The number of rotatable bonds is 6. The van der Waals surface area contributed by atoms with Crippen LogP contribution in [-0.2, 0) is 25.6 Å². The first-order valence-corrected chi connectivity index (χ1v) is 10.1. The summed E-state index contributed by atoms with van der Waals surface area (Å²) in [5.41, 5.74) is 0.428. The predicted molar refractivity (Wildman–Crippen MR) is 117 cm³/mol. The number of benzene rings is 2. The molecule has 0 saturated carbocycles. The molecule has 0 fully saturated rings. The third kappa shape index (κ3) is 6.82. The highest BCUT2D eigenvalue weighted by molar-refractivity contribution is 9.10. The van der Waals surface area contributed by atoms with Crippen LogP contribution in [0.4, 0.5) is 0 Å². The van der Waals surface area contributed by atoms with E-state index < -0.39 is 23.0 Å². The van der Waals surface area contributed by atoms with Crippen LogP contribution in [0.2, 0.25) is 0 Å². The summed E-state index contributed by atoms with van der Waals surface area (Å²) in [6.07, 6.45) is 1.57. The van der Waals surface area contributed by atoms with Gasteiger partial charge in [0.25, 0.3) is 0 Å². The summed E-state index contributed by atoms with van der Waals surface area (Å²) in [4.78, 5) is 30.8. The highest BCUT2D eigenvalue weighted by atomic mass is 79.9. The van der Waals surface area contributed by atoms with Crippen LogP contribution < -0.4 is 0 Å². The van der Waals surface area contributed by atoms with E-state index in [9.17, 15) is 9.59 Å². The second-order valence-electron chi connectivity index (χ2n) is 8.16. The van der Waals surface area contributed by atoms with Gasteiger partial charge in [-0.15, -0.1) is 0 Å². The Morgan fingerprint density at radius 1 is 0.966 bits per heavy atom. The molecule has 0 saturated heterocycles. The van der Waals surface area contributed by atoms with Crippen molar-refractivity contribution < 1.29 is 19.2 Å². The maximum atomic E-state index is 12.9. The van der Waals surface area contributed by atoms with E-state index in [4.69, 9.17) is 9.57 Å². The van der Waals surface area contributed by atoms with Crippen LogP contribution in [0.3, 0.4) is 0 Å². The van der Waals surface area contributed by atoms with E-state index in [2.05, 4.69) is 21.1 Å². The van der Waals surface area contributed by atoms with Crippen molar-refractivity contribution in [2.24, 2.45) is 10.6 Å². The largest absolute Gasteiger partial charge is 0.459 e. The molecule has 0 aromatic heterocycles. The second kappa shape index (κ2) is 9.35. The molecule has 2 rings (SSSR count). The SMILES string of the molecule is Cc1ccc(CC(C)(C(=O)O/N=C/c2ccc(Br)cc2)C(=O)OC(C)(C)C)cc1. The average molecular weight is 460 g/mol. The highest BCUT2D eigenvalue weighted by Crippen LogP contribution is 2.29. The van der Waals surface area contributed by atoms with Gasteiger partial charge in [-0.3, -0.25) is 4.79 Å². The van der Waals surface area contributed by atoms with Crippen LogP contribution in [0, 0.1) is 12.3 Å². The van der Waals surface area contributed by atoms with Crippen molar-refractivity contribution in [3.05, 3.63) is 69.7 Å². The van der Waals surface area contributed by atoms with Crippen molar-refractivity contribution in [1.29, 1.82) is 0 Å². The lowest BCUT2D eigenvalue weighted by Gasteiger charge is -2.29. The maximum Gasteiger partial charge on any atom is 0.352 e. The number of carbonyl (C=O) groups excluding carboxylic acids is 2. The van der Waals surface area contributed by atoms with Gasteiger partial charge in [0.05, 0.1) is 6.21 Å². The van der Waals surface area contributed by atoms with E-state index in [1.807, 2.05) is 55.5 Å². The van der Waals surface area contributed by atoms with Gasteiger partial charge in [-0.2, -0.15) is 0 Å². The van der Waals surface area contributed by atoms with Crippen LogP contribution in [0.5, 0.6) is 0 Å². The molecule has 5 nitrogen and oxygen atoms in total. The molecule has 0 aliphatic rings. The van der Waals surface area contributed by atoms with E-state index in [-0.39, 0.29) is 6.42 Å². The van der Waals surface area contributed by atoms with Crippen molar-refractivity contribution in [3.8, 4) is 0 Å². The molecule has 6 heteroatoms. The molecular formula is C23H26BrNO4. The Labute approximate surface area is 180 Å². The zero-order chi connectivity index (χ0) is 21.7. The minimum Gasteiger partial charge on any atom is -0.459 e. The molecule has 0 spiro atoms. The van der Waals surface area contributed by atoms with Crippen molar-refractivity contribution >= 4 is 34.1 Å². The summed E-state index contributed by atoms with van der Waals surface area (Å²) < 4.78 is 6.43. The fourth-order valence-electron chi connectivity index (χ4n) is 2.52. The second-order valence-corrected chi connectivity index (χ2v) is 9.08. The first kappa shape index (κ1) is 22.8. The number of carbonyl (C=O) groups is 2. The summed E-state index contributed by atoms with van der Waals surface area (Å²) in [5, 5.41) is 3.77. The molecule has 1 atom stereocenters. The zero-order valence-corrected chi connectivity index (χ0v) is 18.9. The number of halogens is 1. The van der Waals surface area contributed by atoms with Gasteiger partial charge in [0, 0.05) is 4.47 Å². The zero-order valence-electron chi connectivity index (χ0n) is 17.4. The Kier molecular flexibility index (Phi) is 7.36. The summed E-state index contributed by atoms with van der Waals surface area (Å²) in [6, 6.07) is 15.0. The van der Waals surface area contributed by atoms with Gasteiger partial charge in [-0.1, -0.05) is 63.0 Å². The molecule has 0 N–H and O–H groups in total. The van der Waals surface area contributed by atoms with Crippen LogP contribution >= 0.6 is 15.9 Å². The van der Waals surface area contributed by atoms with Gasteiger partial charge in [-0.25, -0.2) is 4.79 Å². The van der Waals surface area contributed by atoms with E-state index in [1.165, 1.54) is 13.1 Å². The average Bonchev–Trinajstić information content (AvgIpc) is 2.63. The number of esters is 1. The smallest absolute Gasteiger partial charge is 0.352 e. The number of ether oxygens (including phenoxy) is 1. The van der Waals surface area contributed by atoms with Crippen LogP contribution in [-0.4, -0.2) is 23.8 Å². The first-order chi connectivity index (χ1) is 13.5. The molecule has 0 heterocycles. The molecule has 0 radical (unpaired) electrons. The van der Waals surface area contributed by atoms with Gasteiger partial charge in [-0.05, 0) is 64.3 Å². The fourth-order valence-corrected chi connectivity index (χ4v) is 2.78. The lowest BCUT2D eigenvalue weighted by molar-refractivity contribution is -0.178. The molecule has 2 aromatic rings. The summed E-state index contributed by atoms with van der Waals surface area (Å²) >= 11 is 3.36. The molecule has 0 bridgehead atoms. The Bertz CT molecular complexity index is 883. The van der Waals surface area contributed by atoms with Crippen molar-refractivity contribution in [2.75, 3.05) is 0 Å². The Hall–Kier alpha value is -2.47. The van der Waals surface area contributed by atoms with E-state index >= 15 is 0 Å². The minimum atomic E-state index is -1.53. The topological polar surface area (TPSA) is 65.0 Å². The van der Waals surface area contributed by atoms with E-state index in [0.29, 0.717) is 0 Å². The molecule has 29 heavy (non-hydrogen) atoms. The molecule has 0 aliphatic heterocycles. The van der Waals surface area contributed by atoms with Crippen molar-refractivity contribution in [2.45, 2.75) is 46.6 Å². The summed E-state index contributed by atoms with van der Waals surface area (Å²) in [5.74, 6) is -1.41. The van der Waals surface area contributed by atoms with Crippen LogP contribution in [0.15, 0.2) is 58.2 Å². The van der Waals surface area contributed by atoms with Crippen molar-refractivity contribution in [1.82, 2.24) is 0 Å². The number of nitrogens with zero attached hydrogens (tertiary/aromatic N) is 1. The first-order valence-electron chi connectivity index (χ1n) is 9.29. The van der Waals surface area contributed by atoms with Crippen LogP contribution in [0.25, 0.3) is 0 Å². The number of oxime groups is 1. The molecule has 2 aromatic carbocycles. The third-order valence-electron chi connectivity index (χ3n) is 4.19.